The van der Waals surface area contributed by atoms with Gasteiger partial charge in [0.05, 0.1) is 7.05 Å². The van der Waals surface area contributed by atoms with Gasteiger partial charge >= 0.3 is 0 Å². The molecule has 0 aliphatic heterocycles. The topological polar surface area (TPSA) is 97.0 Å². The van der Waals surface area contributed by atoms with Gasteiger partial charge in [0.25, 0.3) is 0 Å². The van der Waals surface area contributed by atoms with E-state index in [9.17, 15) is 4.79 Å². The van der Waals surface area contributed by atoms with E-state index in [0.29, 0.717) is 12.3 Å². The van der Waals surface area contributed by atoms with Gasteiger partial charge in [0.15, 0.2) is 0 Å². The molecule has 2 unspecified atom stereocenters. The fourth-order valence-electron chi connectivity index (χ4n) is 2.64. The molecule has 0 aliphatic carbocycles. The van der Waals surface area contributed by atoms with Crippen molar-refractivity contribution < 1.29 is 14.8 Å². The molecular formula is C18H36N4O+2. The Morgan fingerprint density at radius 1 is 1.09 bits per heavy atom. The van der Waals surface area contributed by atoms with Gasteiger partial charge in [0.2, 0.25) is 11.7 Å². The summed E-state index contributed by atoms with van der Waals surface area (Å²) >= 11 is 0. The van der Waals surface area contributed by atoms with Gasteiger partial charge in [-0.1, -0.05) is 25.8 Å². The lowest BCUT2D eigenvalue weighted by atomic mass is 9.97. The molecule has 0 spiro atoms. The molecule has 0 amide bonds. The molecule has 0 aromatic carbocycles. The molecular weight excluding hydrogens is 288 g/mol. The number of hydrogen-bond donors (Lipinski definition) is 4. The molecule has 0 bridgehead atoms. The standard InChI is InChI=1S/C18H34N4O/c1-4-9-15(2)14-16(12-13-23)22-18(20)11-8-6-5-7-10-17(19)21-3/h4,13,15-16H,1,5-12,14H2,2-3H3,(H2,19,21)(H2,20,22)/p+2. The van der Waals surface area contributed by atoms with Crippen molar-refractivity contribution in [1.82, 2.24) is 0 Å². The molecule has 23 heavy (non-hydrogen) atoms. The minimum absolute atomic E-state index is 0.132. The smallest absolute Gasteiger partial charge is 0.240 e. The van der Waals surface area contributed by atoms with E-state index in [1.54, 1.807) is 0 Å². The van der Waals surface area contributed by atoms with Gasteiger partial charge in [-0.15, -0.1) is 6.58 Å². The zero-order valence-electron chi connectivity index (χ0n) is 14.9. The Morgan fingerprint density at radius 3 is 2.22 bits per heavy atom. The predicted octanol–water partition coefficient (Wildman–Crippen LogP) is -0.608. The fraction of sp³-hybridized carbons (Fsp3) is 0.722. The Bertz CT molecular complexity index is 390. The van der Waals surface area contributed by atoms with Crippen molar-refractivity contribution in [3.05, 3.63) is 12.7 Å². The second-order valence-corrected chi connectivity index (χ2v) is 6.32. The van der Waals surface area contributed by atoms with E-state index in [-0.39, 0.29) is 6.04 Å². The van der Waals surface area contributed by atoms with E-state index in [4.69, 9.17) is 11.5 Å². The lowest BCUT2D eigenvalue weighted by Gasteiger charge is -2.13. The van der Waals surface area contributed by atoms with Crippen LogP contribution in [0.15, 0.2) is 12.7 Å². The molecule has 0 fully saturated rings. The van der Waals surface area contributed by atoms with E-state index in [0.717, 1.165) is 69.3 Å². The monoisotopic (exact) mass is 324 g/mol. The summed E-state index contributed by atoms with van der Waals surface area (Å²) in [6.07, 6.45) is 11.5. The van der Waals surface area contributed by atoms with Gasteiger partial charge in [0, 0.05) is 19.3 Å². The Kier molecular flexibility index (Phi) is 13.0. The summed E-state index contributed by atoms with van der Waals surface area (Å²) in [5, 5.41) is 0. The molecule has 0 aliphatic rings. The number of carbonyl (C=O) groups is 1. The van der Waals surface area contributed by atoms with Crippen molar-refractivity contribution in [3.63, 3.8) is 0 Å². The van der Waals surface area contributed by atoms with Crippen LogP contribution in [0.3, 0.4) is 0 Å². The number of amidine groups is 2. The number of unbranched alkanes of at least 4 members (excludes halogenated alkanes) is 3. The summed E-state index contributed by atoms with van der Waals surface area (Å²) in [5.74, 6) is 2.15. The third-order valence-corrected chi connectivity index (χ3v) is 3.99. The average molecular weight is 325 g/mol. The van der Waals surface area contributed by atoms with Crippen molar-refractivity contribution in [2.75, 3.05) is 7.05 Å². The minimum atomic E-state index is 0.132. The third kappa shape index (κ3) is 12.6. The van der Waals surface area contributed by atoms with Gasteiger partial charge in [-0.25, -0.2) is 0 Å². The van der Waals surface area contributed by atoms with Crippen molar-refractivity contribution in [1.29, 1.82) is 0 Å². The molecule has 0 rings (SSSR count). The second-order valence-electron chi connectivity index (χ2n) is 6.32. The summed E-state index contributed by atoms with van der Waals surface area (Å²) in [7, 11) is 1.85. The minimum Gasteiger partial charge on any atom is -0.303 e. The molecule has 0 aromatic rings. The maximum absolute atomic E-state index is 10.8. The largest absolute Gasteiger partial charge is 0.303 e. The van der Waals surface area contributed by atoms with Crippen molar-refractivity contribution >= 4 is 18.0 Å². The molecule has 0 saturated heterocycles. The summed E-state index contributed by atoms with van der Waals surface area (Å²) in [6.45, 7) is 5.93. The van der Waals surface area contributed by atoms with Crippen LogP contribution in [0.1, 0.15) is 64.7 Å². The molecule has 0 radical (unpaired) electrons. The summed E-state index contributed by atoms with van der Waals surface area (Å²) in [6, 6.07) is 0.132. The molecule has 0 aromatic heterocycles. The maximum Gasteiger partial charge on any atom is 0.240 e. The summed E-state index contributed by atoms with van der Waals surface area (Å²) < 4.78 is 0. The van der Waals surface area contributed by atoms with Crippen molar-refractivity contribution in [2.45, 2.75) is 70.8 Å². The van der Waals surface area contributed by atoms with Crippen LogP contribution in [0.25, 0.3) is 0 Å². The van der Waals surface area contributed by atoms with Crippen LogP contribution >= 0.6 is 0 Å². The van der Waals surface area contributed by atoms with E-state index in [1.807, 2.05) is 13.1 Å². The van der Waals surface area contributed by atoms with Crippen molar-refractivity contribution in [3.8, 4) is 0 Å². The van der Waals surface area contributed by atoms with Gasteiger partial charge in [-0.2, -0.15) is 0 Å². The molecule has 5 nitrogen and oxygen atoms in total. The molecule has 0 heterocycles. The Balaban J connectivity index is 4.07. The predicted molar refractivity (Wildman–Crippen MR) is 97.0 cm³/mol. The highest BCUT2D eigenvalue weighted by Gasteiger charge is 2.14. The molecule has 6 N–H and O–H groups in total. The van der Waals surface area contributed by atoms with Crippen molar-refractivity contribution in [2.24, 2.45) is 17.4 Å². The first-order chi connectivity index (χ1) is 11.0. The lowest BCUT2D eigenvalue weighted by Crippen LogP contribution is -2.81. The summed E-state index contributed by atoms with van der Waals surface area (Å²) in [5.41, 5.74) is 11.8. The average Bonchev–Trinajstić information content (AvgIpc) is 2.50. The second kappa shape index (κ2) is 14.0. The number of allylic oxidation sites excluding steroid dienone is 1. The number of nitrogens with two attached hydrogens (primary N) is 2. The zero-order valence-corrected chi connectivity index (χ0v) is 14.9. The fourth-order valence-corrected chi connectivity index (χ4v) is 2.64. The number of nitrogens with one attached hydrogen (secondary N) is 2. The van der Waals surface area contributed by atoms with E-state index >= 15 is 0 Å². The van der Waals surface area contributed by atoms with Gasteiger partial charge in [0.1, 0.15) is 12.3 Å². The quantitative estimate of drug-likeness (QED) is 0.113. The SMILES string of the molecule is C=CCC(C)CC(CC=O)[NH+]=C(N)CCCCCCC(N)=[NH+]C. The molecule has 132 valence electrons. The first-order valence-corrected chi connectivity index (χ1v) is 8.74. The van der Waals surface area contributed by atoms with Gasteiger partial charge in [-0.05, 0) is 31.6 Å². The number of rotatable bonds is 14. The number of carbonyl (C=O) groups excluding carboxylic acids is 1. The highest BCUT2D eigenvalue weighted by atomic mass is 16.1. The van der Waals surface area contributed by atoms with Crippen LogP contribution in [-0.4, -0.2) is 31.0 Å². The molecule has 0 saturated carbocycles. The number of aldehydes is 1. The first-order valence-electron chi connectivity index (χ1n) is 8.74. The van der Waals surface area contributed by atoms with Crippen LogP contribution in [0, 0.1) is 5.92 Å². The van der Waals surface area contributed by atoms with E-state index < -0.39 is 0 Å². The van der Waals surface area contributed by atoms with Crippen LogP contribution in [-0.2, 0) is 4.79 Å². The first kappa shape index (κ1) is 21.4. The van der Waals surface area contributed by atoms with Crippen LogP contribution in [0.2, 0.25) is 0 Å². The highest BCUT2D eigenvalue weighted by Crippen LogP contribution is 2.10. The van der Waals surface area contributed by atoms with Crippen LogP contribution < -0.4 is 21.5 Å². The molecule has 2 atom stereocenters. The Hall–Kier alpha value is -1.65. The van der Waals surface area contributed by atoms with Crippen LogP contribution in [0.4, 0.5) is 0 Å². The maximum atomic E-state index is 10.8. The van der Waals surface area contributed by atoms with E-state index in [1.165, 1.54) is 0 Å². The van der Waals surface area contributed by atoms with Gasteiger partial charge in [-0.3, -0.25) is 21.5 Å². The highest BCUT2D eigenvalue weighted by molar-refractivity contribution is 5.74. The molecule has 5 heteroatoms. The van der Waals surface area contributed by atoms with E-state index in [2.05, 4.69) is 23.5 Å². The third-order valence-electron chi connectivity index (χ3n) is 3.99. The summed E-state index contributed by atoms with van der Waals surface area (Å²) in [4.78, 5) is 17.1. The zero-order chi connectivity index (χ0) is 17.5. The Morgan fingerprint density at radius 2 is 1.70 bits per heavy atom. The lowest BCUT2D eigenvalue weighted by molar-refractivity contribution is -0.506. The Labute approximate surface area is 141 Å². The normalized spacial score (nSPS) is 15.2. The number of hydrogen-bond acceptors (Lipinski definition) is 1. The van der Waals surface area contributed by atoms with Gasteiger partial charge < -0.3 is 4.79 Å². The van der Waals surface area contributed by atoms with Crippen LogP contribution in [0.5, 0.6) is 0 Å².